The van der Waals surface area contributed by atoms with Gasteiger partial charge in [-0.2, -0.15) is 25.3 Å². The van der Waals surface area contributed by atoms with E-state index in [-0.39, 0.29) is 0 Å². The molecular weight excluding hydrogens is 320 g/mol. The summed E-state index contributed by atoms with van der Waals surface area (Å²) < 4.78 is -1.74. The van der Waals surface area contributed by atoms with Gasteiger partial charge in [0.05, 0.1) is 0 Å². The van der Waals surface area contributed by atoms with E-state index in [1.165, 1.54) is 0 Å². The highest BCUT2D eigenvalue weighted by molar-refractivity contribution is 8.19. The summed E-state index contributed by atoms with van der Waals surface area (Å²) in [5, 5.41) is 33.4. The van der Waals surface area contributed by atoms with Gasteiger partial charge in [-0.1, -0.05) is 0 Å². The Labute approximate surface area is 124 Å². The first kappa shape index (κ1) is 20.6. The van der Waals surface area contributed by atoms with E-state index in [1.54, 1.807) is 0 Å². The average Bonchev–Trinajstić information content (AvgIpc) is 2.34. The third-order valence-electron chi connectivity index (χ3n) is 1.18. The van der Waals surface area contributed by atoms with Crippen LogP contribution in [0.25, 0.3) is 0 Å². The van der Waals surface area contributed by atoms with Gasteiger partial charge in [0.15, 0.2) is 0 Å². The van der Waals surface area contributed by atoms with Crippen molar-refractivity contribution in [3.05, 3.63) is 0 Å². The van der Waals surface area contributed by atoms with Crippen LogP contribution in [0.5, 0.6) is 0 Å². The van der Waals surface area contributed by atoms with Crippen molar-refractivity contribution in [2.24, 2.45) is 0 Å². The Morgan fingerprint density at radius 3 is 1.56 bits per heavy atom. The van der Waals surface area contributed by atoms with E-state index in [1.807, 2.05) is 0 Å². The van der Waals surface area contributed by atoms with Crippen LogP contribution < -0.4 is 0 Å². The van der Waals surface area contributed by atoms with Crippen molar-refractivity contribution in [2.75, 3.05) is 29.6 Å². The molecule has 0 aromatic heterocycles. The molecule has 0 spiro atoms. The van der Waals surface area contributed by atoms with Gasteiger partial charge in [-0.25, -0.2) is 9.59 Å². The predicted molar refractivity (Wildman–Crippen MR) is 79.9 cm³/mol. The highest BCUT2D eigenvalue weighted by Crippen LogP contribution is 2.34. The minimum absolute atomic E-state index is 0.505. The van der Waals surface area contributed by atoms with Gasteiger partial charge in [-0.15, -0.1) is 23.5 Å². The number of thiol groups is 2. The molecule has 6 nitrogen and oxygen atoms in total. The van der Waals surface area contributed by atoms with E-state index < -0.39 is 22.8 Å². The van der Waals surface area contributed by atoms with E-state index in [0.29, 0.717) is 23.0 Å². The topological polar surface area (TPSA) is 115 Å². The largest absolute Gasteiger partial charge is 0.480 e. The molecule has 0 bridgehead atoms. The molecule has 10 heteroatoms. The minimum Gasteiger partial charge on any atom is -0.480 e. The summed E-state index contributed by atoms with van der Waals surface area (Å²) in [6.45, 7) is -0.778. The molecule has 0 aromatic carbocycles. The Morgan fingerprint density at radius 1 is 1.06 bits per heavy atom. The molecule has 0 aliphatic heterocycles. The molecule has 4 N–H and O–H groups in total. The molecule has 108 valence electrons. The van der Waals surface area contributed by atoms with Crippen molar-refractivity contribution in [3.8, 4) is 0 Å². The number of hydrogen-bond donors (Lipinski definition) is 6. The molecule has 0 rings (SSSR count). The van der Waals surface area contributed by atoms with Crippen molar-refractivity contribution in [2.45, 2.75) is 4.27 Å². The molecule has 0 saturated carbocycles. The van der Waals surface area contributed by atoms with Gasteiger partial charge in [-0.3, -0.25) is 0 Å². The van der Waals surface area contributed by atoms with Crippen LogP contribution in [0, 0.1) is 0 Å². The number of aliphatic carboxylic acids is 2. The fraction of sp³-hybridized carbons (Fsp3) is 0.750. The second kappa shape index (κ2) is 12.3. The molecule has 0 aromatic rings. The molecule has 0 amide bonds. The Morgan fingerprint density at radius 2 is 1.39 bits per heavy atom. The lowest BCUT2D eigenvalue weighted by Crippen LogP contribution is -2.32. The van der Waals surface area contributed by atoms with Gasteiger partial charge < -0.3 is 20.4 Å². The summed E-state index contributed by atoms with van der Waals surface area (Å²) in [6, 6.07) is 0. The second-order valence-electron chi connectivity index (χ2n) is 2.58. The molecule has 0 heterocycles. The monoisotopic (exact) mass is 336 g/mol. The third kappa shape index (κ3) is 11.4. The van der Waals surface area contributed by atoms with E-state index in [2.05, 4.69) is 25.3 Å². The second-order valence-corrected chi connectivity index (χ2v) is 6.31. The van der Waals surface area contributed by atoms with Crippen LogP contribution in [-0.2, 0) is 9.59 Å². The summed E-state index contributed by atoms with van der Waals surface area (Å²) in [5.41, 5.74) is 0. The Bertz CT molecular complexity index is 242. The molecule has 18 heavy (non-hydrogen) atoms. The van der Waals surface area contributed by atoms with Crippen LogP contribution >= 0.6 is 48.8 Å². The highest BCUT2D eigenvalue weighted by atomic mass is 32.2. The standard InChI is InChI=1S/C6H12O3S4.C2H4O3/c7-5(8)6(9,12-3-1-10)13-4-2-11;3-1-2(4)5/h9-11H,1-4H2,(H,7,8);3H,1H2,(H,4,5). The van der Waals surface area contributed by atoms with Crippen molar-refractivity contribution in [1.82, 2.24) is 0 Å². The highest BCUT2D eigenvalue weighted by Gasteiger charge is 2.36. The Kier molecular flexibility index (Phi) is 14.1. The molecule has 0 radical (unpaired) electrons. The fourth-order valence-corrected chi connectivity index (χ4v) is 2.90. The van der Waals surface area contributed by atoms with Crippen molar-refractivity contribution < 1.29 is 30.0 Å². The number of hydrogen-bond acceptors (Lipinski definition) is 8. The smallest absolute Gasteiger partial charge is 0.357 e. The van der Waals surface area contributed by atoms with Crippen LogP contribution in [0.1, 0.15) is 0 Å². The van der Waals surface area contributed by atoms with Crippen LogP contribution in [0.2, 0.25) is 0 Å². The first-order chi connectivity index (χ1) is 8.33. The van der Waals surface area contributed by atoms with Crippen molar-refractivity contribution in [3.63, 3.8) is 0 Å². The van der Waals surface area contributed by atoms with Gasteiger partial charge in [0.2, 0.25) is 0 Å². The number of rotatable bonds is 8. The minimum atomic E-state index is -1.74. The maximum Gasteiger partial charge on any atom is 0.357 e. The lowest BCUT2D eigenvalue weighted by atomic mass is 10.7. The lowest BCUT2D eigenvalue weighted by Gasteiger charge is -2.21. The quantitative estimate of drug-likeness (QED) is 0.273. The van der Waals surface area contributed by atoms with Crippen molar-refractivity contribution in [1.29, 1.82) is 0 Å². The fourth-order valence-electron chi connectivity index (χ4n) is 0.533. The maximum absolute atomic E-state index is 10.7. The third-order valence-corrected chi connectivity index (χ3v) is 4.89. The molecule has 0 fully saturated rings. The van der Waals surface area contributed by atoms with E-state index >= 15 is 0 Å². The van der Waals surface area contributed by atoms with E-state index in [4.69, 9.17) is 20.1 Å². The predicted octanol–water partition coefficient (Wildman–Crippen LogP) is 0.106. The molecule has 0 aliphatic carbocycles. The number of aliphatic hydroxyl groups is 2. The number of carboxylic acid groups (broad SMARTS) is 2. The van der Waals surface area contributed by atoms with Crippen LogP contribution in [0.4, 0.5) is 0 Å². The number of carboxylic acids is 2. The zero-order chi connectivity index (χ0) is 14.6. The number of thioether (sulfide) groups is 2. The zero-order valence-electron chi connectivity index (χ0n) is 9.35. The van der Waals surface area contributed by atoms with Gasteiger partial charge in [0.1, 0.15) is 6.61 Å². The number of aliphatic hydroxyl groups excluding tert-OH is 1. The summed E-state index contributed by atoms with van der Waals surface area (Å²) in [4.78, 5) is 19.8. The Hall–Kier alpha value is 0.260. The maximum atomic E-state index is 10.7. The zero-order valence-corrected chi connectivity index (χ0v) is 12.8. The normalized spacial score (nSPS) is 10.4. The lowest BCUT2D eigenvalue weighted by molar-refractivity contribution is -0.144. The van der Waals surface area contributed by atoms with Gasteiger partial charge in [0, 0.05) is 11.5 Å². The molecule has 0 unspecified atom stereocenters. The average molecular weight is 336 g/mol. The summed E-state index contributed by atoms with van der Waals surface area (Å²) in [6.07, 6.45) is 0. The van der Waals surface area contributed by atoms with Crippen LogP contribution in [-0.4, -0.2) is 66.2 Å². The van der Waals surface area contributed by atoms with Gasteiger partial charge in [0.25, 0.3) is 4.27 Å². The SMILES string of the molecule is O=C(O)C(O)(SCCS)SCCS.O=C(O)CO. The Balaban J connectivity index is 0. The van der Waals surface area contributed by atoms with Crippen LogP contribution in [0.3, 0.4) is 0 Å². The van der Waals surface area contributed by atoms with E-state index in [9.17, 15) is 9.90 Å². The molecular formula is C8H16O6S4. The summed E-state index contributed by atoms with van der Waals surface area (Å²) >= 11 is 9.85. The van der Waals surface area contributed by atoms with Crippen molar-refractivity contribution >= 4 is 60.7 Å². The van der Waals surface area contributed by atoms with Crippen LogP contribution in [0.15, 0.2) is 0 Å². The van der Waals surface area contributed by atoms with E-state index in [0.717, 1.165) is 23.5 Å². The molecule has 0 aliphatic rings. The number of carbonyl (C=O) groups is 2. The first-order valence-corrected chi connectivity index (χ1v) is 7.85. The first-order valence-electron chi connectivity index (χ1n) is 4.62. The molecule has 0 atom stereocenters. The summed E-state index contributed by atoms with van der Waals surface area (Å²) in [5.74, 6) is -0.309. The molecule has 0 saturated heterocycles. The summed E-state index contributed by atoms with van der Waals surface area (Å²) in [7, 11) is 0. The van der Waals surface area contributed by atoms with Gasteiger partial charge >= 0.3 is 11.9 Å². The van der Waals surface area contributed by atoms with Gasteiger partial charge in [-0.05, 0) is 11.5 Å².